The minimum atomic E-state index is -0.542. The number of carbonyl (C=O) groups is 1. The van der Waals surface area contributed by atoms with Crippen LogP contribution >= 0.6 is 22.9 Å². The first-order valence-corrected chi connectivity index (χ1v) is 7.89. The maximum absolute atomic E-state index is 12.5. The fraction of sp³-hybridized carbons (Fsp3) is 0.312. The molecule has 1 aliphatic rings. The summed E-state index contributed by atoms with van der Waals surface area (Å²) in [5, 5.41) is 1.23. The van der Waals surface area contributed by atoms with E-state index in [0.29, 0.717) is 15.6 Å². The molecule has 3 nitrogen and oxygen atoms in total. The third-order valence-electron chi connectivity index (χ3n) is 3.30. The molecule has 0 atom stereocenters. The largest absolute Gasteiger partial charge is 0.456 e. The van der Waals surface area contributed by atoms with Gasteiger partial charge in [-0.25, -0.2) is 4.79 Å². The number of rotatable bonds is 1. The molecule has 0 unspecified atom stereocenters. The molecular weight excluding hydrogens is 306 g/mol. The van der Waals surface area contributed by atoms with E-state index in [1.807, 2.05) is 39.0 Å². The predicted octanol–water partition coefficient (Wildman–Crippen LogP) is 4.51. The molecule has 0 bridgehead atoms. The van der Waals surface area contributed by atoms with Gasteiger partial charge in [-0.05, 0) is 44.0 Å². The van der Waals surface area contributed by atoms with Crippen LogP contribution in [0.5, 0.6) is 0 Å². The van der Waals surface area contributed by atoms with Crippen LogP contribution in [0.25, 0.3) is 11.1 Å². The summed E-state index contributed by atoms with van der Waals surface area (Å²) >= 11 is 7.50. The number of fused-ring (bicyclic) bond motifs is 3. The second-order valence-electron chi connectivity index (χ2n) is 6.12. The Bertz CT molecular complexity index is 743. The number of nitrogen functional groups attached to an aromatic ring is 1. The van der Waals surface area contributed by atoms with Gasteiger partial charge in [0.25, 0.3) is 0 Å². The quantitative estimate of drug-likeness (QED) is 0.671. The molecule has 2 aromatic rings. The van der Waals surface area contributed by atoms with Crippen LogP contribution in [0, 0.1) is 0 Å². The Labute approximate surface area is 132 Å². The van der Waals surface area contributed by atoms with Gasteiger partial charge < -0.3 is 10.5 Å². The number of hydrogen-bond acceptors (Lipinski definition) is 4. The van der Waals surface area contributed by atoms with Crippen molar-refractivity contribution in [2.24, 2.45) is 0 Å². The second-order valence-corrected chi connectivity index (χ2v) is 7.69. The molecule has 5 heteroatoms. The molecule has 110 valence electrons. The molecule has 21 heavy (non-hydrogen) atoms. The molecule has 1 aromatic heterocycles. The first-order valence-electron chi connectivity index (χ1n) is 6.69. The number of carbonyl (C=O) groups excluding carboxylic acids is 1. The van der Waals surface area contributed by atoms with Crippen molar-refractivity contribution in [3.63, 3.8) is 0 Å². The smallest absolute Gasteiger partial charge is 0.342 e. The molecule has 0 saturated carbocycles. The van der Waals surface area contributed by atoms with Gasteiger partial charge in [-0.2, -0.15) is 0 Å². The Hall–Kier alpha value is -1.52. The molecule has 1 aromatic carbocycles. The molecule has 0 amide bonds. The number of benzene rings is 1. The third kappa shape index (κ3) is 2.54. The maximum atomic E-state index is 12.5. The zero-order valence-corrected chi connectivity index (χ0v) is 13.7. The highest BCUT2D eigenvalue weighted by Gasteiger charge is 2.32. The molecular formula is C16H16ClNO2S. The summed E-state index contributed by atoms with van der Waals surface area (Å²) in [6, 6.07) is 5.73. The van der Waals surface area contributed by atoms with Gasteiger partial charge in [0.1, 0.15) is 16.2 Å². The molecule has 0 radical (unpaired) electrons. The summed E-state index contributed by atoms with van der Waals surface area (Å²) in [4.78, 5) is 13.6. The van der Waals surface area contributed by atoms with Gasteiger partial charge in [0.05, 0.1) is 0 Å². The molecule has 1 heterocycles. The lowest BCUT2D eigenvalue weighted by Gasteiger charge is -2.20. The summed E-state index contributed by atoms with van der Waals surface area (Å²) < 4.78 is 5.49. The predicted molar refractivity (Wildman–Crippen MR) is 87.2 cm³/mol. The van der Waals surface area contributed by atoms with E-state index in [9.17, 15) is 4.79 Å². The van der Waals surface area contributed by atoms with E-state index in [1.54, 1.807) is 0 Å². The lowest BCUT2D eigenvalue weighted by atomic mass is 10.0. The number of hydrogen-bond donors (Lipinski definition) is 1. The summed E-state index contributed by atoms with van der Waals surface area (Å²) in [7, 11) is 0. The van der Waals surface area contributed by atoms with E-state index in [0.717, 1.165) is 28.0 Å². The van der Waals surface area contributed by atoms with Crippen LogP contribution in [0.15, 0.2) is 18.2 Å². The highest BCUT2D eigenvalue weighted by Crippen LogP contribution is 2.47. The first-order chi connectivity index (χ1) is 9.76. The topological polar surface area (TPSA) is 52.3 Å². The number of esters is 1. The van der Waals surface area contributed by atoms with Gasteiger partial charge in [0.2, 0.25) is 0 Å². The Morgan fingerprint density at radius 1 is 1.38 bits per heavy atom. The highest BCUT2D eigenvalue weighted by molar-refractivity contribution is 7.17. The number of halogens is 1. The van der Waals surface area contributed by atoms with Crippen molar-refractivity contribution in [1.29, 1.82) is 0 Å². The van der Waals surface area contributed by atoms with Crippen molar-refractivity contribution in [1.82, 2.24) is 0 Å². The van der Waals surface area contributed by atoms with Crippen molar-refractivity contribution < 1.29 is 9.53 Å². The van der Waals surface area contributed by atoms with Gasteiger partial charge in [0, 0.05) is 21.9 Å². The van der Waals surface area contributed by atoms with E-state index >= 15 is 0 Å². The number of anilines is 1. The van der Waals surface area contributed by atoms with Crippen molar-refractivity contribution in [3.05, 3.63) is 39.2 Å². The molecule has 2 N–H and O–H groups in total. The zero-order valence-electron chi connectivity index (χ0n) is 12.1. The number of thiophene rings is 1. The van der Waals surface area contributed by atoms with Crippen LogP contribution in [-0.4, -0.2) is 11.6 Å². The van der Waals surface area contributed by atoms with Gasteiger partial charge in [-0.1, -0.05) is 17.7 Å². The van der Waals surface area contributed by atoms with Crippen LogP contribution in [0.4, 0.5) is 5.00 Å². The van der Waals surface area contributed by atoms with Crippen LogP contribution in [0.2, 0.25) is 5.02 Å². The van der Waals surface area contributed by atoms with Crippen LogP contribution < -0.4 is 5.73 Å². The van der Waals surface area contributed by atoms with E-state index in [1.165, 1.54) is 11.3 Å². The standard InChI is InChI=1S/C16H16ClNO2S/c1-16(2,3)20-15(19)13-12-10-5-4-9(17)6-8(10)7-11(12)21-14(13)18/h4-6H,7,18H2,1-3H3. The average Bonchev–Trinajstić information content (AvgIpc) is 2.79. The molecule has 3 rings (SSSR count). The van der Waals surface area contributed by atoms with Crippen molar-refractivity contribution in [2.45, 2.75) is 32.8 Å². The van der Waals surface area contributed by atoms with E-state index in [-0.39, 0.29) is 5.97 Å². The number of nitrogens with two attached hydrogens (primary N) is 1. The minimum Gasteiger partial charge on any atom is -0.456 e. The summed E-state index contributed by atoms with van der Waals surface area (Å²) in [5.41, 5.74) is 9.08. The summed E-state index contributed by atoms with van der Waals surface area (Å²) in [5.74, 6) is -0.361. The SMILES string of the molecule is CC(C)(C)OC(=O)c1c(N)sc2c1-c1ccc(Cl)cc1C2. The lowest BCUT2D eigenvalue weighted by Crippen LogP contribution is -2.24. The Balaban J connectivity index is 2.10. The van der Waals surface area contributed by atoms with Gasteiger partial charge >= 0.3 is 5.97 Å². The Morgan fingerprint density at radius 2 is 2.10 bits per heavy atom. The van der Waals surface area contributed by atoms with Crippen LogP contribution in [0.3, 0.4) is 0 Å². The minimum absolute atomic E-state index is 0.361. The Kier molecular flexibility index (Phi) is 3.26. The Morgan fingerprint density at radius 3 is 2.76 bits per heavy atom. The highest BCUT2D eigenvalue weighted by atomic mass is 35.5. The fourth-order valence-corrected chi connectivity index (χ4v) is 3.85. The van der Waals surface area contributed by atoms with E-state index in [4.69, 9.17) is 22.1 Å². The van der Waals surface area contributed by atoms with Crippen LogP contribution in [0.1, 0.15) is 41.6 Å². The van der Waals surface area contributed by atoms with Crippen molar-refractivity contribution in [2.75, 3.05) is 5.73 Å². The first kappa shape index (κ1) is 14.4. The zero-order chi connectivity index (χ0) is 15.4. The average molecular weight is 322 g/mol. The summed E-state index contributed by atoms with van der Waals surface area (Å²) in [6.45, 7) is 5.55. The third-order valence-corrected chi connectivity index (χ3v) is 4.55. The second kappa shape index (κ2) is 4.75. The number of ether oxygens (including phenoxy) is 1. The molecule has 1 aliphatic carbocycles. The molecule has 0 saturated heterocycles. The van der Waals surface area contributed by atoms with Gasteiger partial charge in [-0.15, -0.1) is 11.3 Å². The normalized spacial score (nSPS) is 13.0. The van der Waals surface area contributed by atoms with Crippen LogP contribution in [-0.2, 0) is 11.2 Å². The molecule has 0 fully saturated rings. The van der Waals surface area contributed by atoms with E-state index < -0.39 is 5.60 Å². The lowest BCUT2D eigenvalue weighted by molar-refractivity contribution is 0.00722. The van der Waals surface area contributed by atoms with Crippen molar-refractivity contribution >= 4 is 33.9 Å². The molecule has 0 spiro atoms. The van der Waals surface area contributed by atoms with E-state index in [2.05, 4.69) is 0 Å². The van der Waals surface area contributed by atoms with Gasteiger partial charge in [-0.3, -0.25) is 0 Å². The maximum Gasteiger partial charge on any atom is 0.342 e. The fourth-order valence-electron chi connectivity index (χ4n) is 2.56. The van der Waals surface area contributed by atoms with Crippen molar-refractivity contribution in [3.8, 4) is 11.1 Å². The molecule has 0 aliphatic heterocycles. The summed E-state index contributed by atoms with van der Waals surface area (Å²) in [6.07, 6.45) is 0.767. The monoisotopic (exact) mass is 321 g/mol. The van der Waals surface area contributed by atoms with Gasteiger partial charge in [0.15, 0.2) is 0 Å².